The van der Waals surface area contributed by atoms with Gasteiger partial charge >= 0.3 is 0 Å². The molecule has 1 aromatic carbocycles. The van der Waals surface area contributed by atoms with E-state index in [0.29, 0.717) is 36.3 Å². The number of unbranched alkanes of at least 4 members (excludes halogenated alkanes) is 2. The van der Waals surface area contributed by atoms with Crippen LogP contribution in [0.25, 0.3) is 0 Å². The van der Waals surface area contributed by atoms with Crippen LogP contribution >= 0.6 is 0 Å². The lowest BCUT2D eigenvalue weighted by Gasteiger charge is -2.14. The van der Waals surface area contributed by atoms with Crippen LogP contribution in [0.2, 0.25) is 0 Å². The molecule has 9 heteroatoms. The van der Waals surface area contributed by atoms with Crippen molar-refractivity contribution in [1.29, 1.82) is 0 Å². The number of nitrogen functional groups attached to an aromatic ring is 2. The number of carbonyl (C=O) groups excluding carboxylic acids is 4. The molecule has 41 heavy (non-hydrogen) atoms. The lowest BCUT2D eigenvalue weighted by molar-refractivity contribution is -0.127. The van der Waals surface area contributed by atoms with Crippen molar-refractivity contribution in [3.05, 3.63) is 85.0 Å². The third-order valence-electron chi connectivity index (χ3n) is 5.27. The highest BCUT2D eigenvalue weighted by atomic mass is 19.1. The number of allylic oxidation sites excluding steroid dienone is 4. The van der Waals surface area contributed by atoms with E-state index < -0.39 is 12.7 Å². The Hall–Kier alpha value is -4.27. The van der Waals surface area contributed by atoms with Crippen LogP contribution in [0.5, 0.6) is 0 Å². The Morgan fingerprint density at radius 2 is 1.73 bits per heavy atom. The number of hydrogen-bond acceptors (Lipinski definition) is 7. The fraction of sp³-hybridized carbons (Fsp3) is 0.375. The first kappa shape index (κ1) is 38.9. The van der Waals surface area contributed by atoms with Gasteiger partial charge < -0.3 is 26.3 Å². The molecule has 0 fully saturated rings. The van der Waals surface area contributed by atoms with Gasteiger partial charge in [0.05, 0.1) is 17.4 Å². The monoisotopic (exact) mass is 571 g/mol. The number of Topliss-reactive ketones (excluding diaryl/α,β-unsaturated/α-hetero) is 1. The third kappa shape index (κ3) is 21.3. The van der Waals surface area contributed by atoms with Crippen molar-refractivity contribution in [1.82, 2.24) is 5.32 Å². The van der Waals surface area contributed by atoms with Gasteiger partial charge in [-0.1, -0.05) is 88.4 Å². The number of amides is 1. The van der Waals surface area contributed by atoms with Crippen molar-refractivity contribution in [3.8, 4) is 0 Å². The Balaban J connectivity index is 0. The Morgan fingerprint density at radius 3 is 2.20 bits per heavy atom. The molecule has 0 saturated heterocycles. The number of hydrogen-bond donors (Lipinski definition) is 3. The van der Waals surface area contributed by atoms with Crippen LogP contribution in [0.4, 0.5) is 15.8 Å². The highest BCUT2D eigenvalue weighted by Gasteiger charge is 2.14. The minimum Gasteiger partial charge on any atom is -0.463 e. The molecule has 0 aliphatic heterocycles. The van der Waals surface area contributed by atoms with E-state index in [1.165, 1.54) is 0 Å². The van der Waals surface area contributed by atoms with E-state index in [2.05, 4.69) is 23.2 Å². The molecule has 1 aromatic rings. The zero-order chi connectivity index (χ0) is 31.3. The number of nitrogens with one attached hydrogen (secondary N) is 1. The maximum Gasteiger partial charge on any atom is 0.293 e. The van der Waals surface area contributed by atoms with E-state index in [1.807, 2.05) is 38.1 Å². The van der Waals surface area contributed by atoms with Crippen molar-refractivity contribution in [2.75, 3.05) is 24.7 Å². The molecule has 8 nitrogen and oxygen atoms in total. The van der Waals surface area contributed by atoms with Crippen LogP contribution in [0.15, 0.2) is 85.0 Å². The van der Waals surface area contributed by atoms with Gasteiger partial charge in [0, 0.05) is 12.0 Å². The van der Waals surface area contributed by atoms with Gasteiger partial charge in [-0.3, -0.25) is 14.4 Å². The summed E-state index contributed by atoms with van der Waals surface area (Å²) in [5, 5.41) is 2.69. The highest BCUT2D eigenvalue weighted by Crippen LogP contribution is 2.12. The molecular formula is C32H46FN3O5. The van der Waals surface area contributed by atoms with Gasteiger partial charge in [0.25, 0.3) is 12.4 Å². The summed E-state index contributed by atoms with van der Waals surface area (Å²) in [6, 6.07) is 6.74. The number of ketones is 1. The first-order chi connectivity index (χ1) is 19.8. The van der Waals surface area contributed by atoms with Crippen LogP contribution in [0.3, 0.4) is 0 Å². The average molecular weight is 572 g/mol. The van der Waals surface area contributed by atoms with Crippen molar-refractivity contribution >= 4 is 35.8 Å². The fourth-order valence-electron chi connectivity index (χ4n) is 3.11. The Morgan fingerprint density at radius 1 is 1.07 bits per heavy atom. The Labute approximate surface area is 244 Å². The molecule has 5 N–H and O–H groups in total. The van der Waals surface area contributed by atoms with Crippen molar-refractivity contribution in [2.45, 2.75) is 64.8 Å². The number of halogens is 1. The summed E-state index contributed by atoms with van der Waals surface area (Å²) in [5.41, 5.74) is 13.5. The van der Waals surface area contributed by atoms with E-state index in [1.54, 1.807) is 36.4 Å². The molecule has 1 atom stereocenters. The molecule has 0 radical (unpaired) electrons. The molecule has 1 aliphatic rings. The SMILES string of the molecule is C=C/C=C(\C=C)COC=O.CC.Nc1ccccc1N.O=C[C@H](CCCCCC(=O)CF)NC(=O)C1=CCCC=C1. The normalized spacial score (nSPS) is 12.2. The van der Waals surface area contributed by atoms with Gasteiger partial charge in [0.1, 0.15) is 19.6 Å². The van der Waals surface area contributed by atoms with Gasteiger partial charge in [0.2, 0.25) is 0 Å². The quantitative estimate of drug-likeness (QED) is 0.105. The lowest BCUT2D eigenvalue weighted by Crippen LogP contribution is -2.36. The molecule has 0 spiro atoms. The third-order valence-corrected chi connectivity index (χ3v) is 5.27. The van der Waals surface area contributed by atoms with Gasteiger partial charge in [-0.25, -0.2) is 4.39 Å². The molecule has 0 saturated carbocycles. The minimum atomic E-state index is -0.907. The van der Waals surface area contributed by atoms with Crippen LogP contribution in [0.1, 0.15) is 58.8 Å². The second-order valence-corrected chi connectivity index (χ2v) is 8.34. The fourth-order valence-corrected chi connectivity index (χ4v) is 3.11. The van der Waals surface area contributed by atoms with E-state index in [-0.39, 0.29) is 24.7 Å². The number of alkyl halides is 1. The zero-order valence-corrected chi connectivity index (χ0v) is 24.4. The number of ether oxygens (including phenoxy) is 1. The number of para-hydroxylation sites is 2. The largest absolute Gasteiger partial charge is 0.463 e. The maximum atomic E-state index is 11.9. The number of rotatable bonds is 15. The maximum absolute atomic E-state index is 11.9. The molecule has 0 unspecified atom stereocenters. The number of nitrogens with two attached hydrogens (primary N) is 2. The summed E-state index contributed by atoms with van der Waals surface area (Å²) in [6.07, 6.45) is 15.9. The first-order valence-electron chi connectivity index (χ1n) is 13.6. The number of benzene rings is 1. The first-order valence-corrected chi connectivity index (χ1v) is 13.6. The second-order valence-electron chi connectivity index (χ2n) is 8.34. The van der Waals surface area contributed by atoms with E-state index in [4.69, 9.17) is 11.5 Å². The molecule has 1 amide bonds. The van der Waals surface area contributed by atoms with Crippen molar-refractivity contribution < 1.29 is 28.3 Å². The van der Waals surface area contributed by atoms with Gasteiger partial charge in [0.15, 0.2) is 5.78 Å². The van der Waals surface area contributed by atoms with Crippen LogP contribution in [-0.2, 0) is 23.9 Å². The molecule has 226 valence electrons. The summed E-state index contributed by atoms with van der Waals surface area (Å²) in [7, 11) is 0. The standard InChI is InChI=1S/C16H22FNO3.C8H10O2.C6H8N2.C2H6/c17-11-15(20)10-6-2-5-9-14(12-19)18-16(21)13-7-3-1-4-8-13;1-3-5-8(4-2)6-10-7-9;7-5-3-1-2-4-6(5)8;1-2/h3,7-8,12,14H,1-2,4-6,9-11H2,(H,18,21);3-5,7H,1-2,6H2;1-4H,7-8H2;1-2H3/b;8-5+;;/t14-;;;/m0.../s1. The topological polar surface area (TPSA) is 142 Å². The van der Waals surface area contributed by atoms with Crippen LogP contribution in [0, 0.1) is 0 Å². The number of carbonyl (C=O) groups is 4. The second kappa shape index (κ2) is 27.3. The predicted molar refractivity (Wildman–Crippen MR) is 166 cm³/mol. The zero-order valence-electron chi connectivity index (χ0n) is 24.4. The summed E-state index contributed by atoms with van der Waals surface area (Å²) in [6.45, 7) is 10.8. The van der Waals surface area contributed by atoms with Crippen LogP contribution < -0.4 is 16.8 Å². The molecule has 0 heterocycles. The summed E-state index contributed by atoms with van der Waals surface area (Å²) in [4.78, 5) is 43.4. The molecule has 0 aromatic heterocycles. The van der Waals surface area contributed by atoms with Gasteiger partial charge in [-0.15, -0.1) is 0 Å². The summed E-state index contributed by atoms with van der Waals surface area (Å²) < 4.78 is 16.4. The van der Waals surface area contributed by atoms with E-state index in [9.17, 15) is 23.6 Å². The molecule has 0 bridgehead atoms. The molecular weight excluding hydrogens is 525 g/mol. The van der Waals surface area contributed by atoms with Crippen molar-refractivity contribution in [2.24, 2.45) is 0 Å². The average Bonchev–Trinajstić information content (AvgIpc) is 3.01. The van der Waals surface area contributed by atoms with Gasteiger partial charge in [-0.2, -0.15) is 0 Å². The summed E-state index contributed by atoms with van der Waals surface area (Å²) >= 11 is 0. The van der Waals surface area contributed by atoms with Crippen molar-refractivity contribution in [3.63, 3.8) is 0 Å². The smallest absolute Gasteiger partial charge is 0.293 e. The number of aldehydes is 1. The number of anilines is 2. The van der Waals surface area contributed by atoms with Gasteiger partial charge in [-0.05, 0) is 43.4 Å². The predicted octanol–water partition coefficient (Wildman–Crippen LogP) is 5.77. The minimum absolute atomic E-state index is 0.226. The molecule has 2 rings (SSSR count). The van der Waals surface area contributed by atoms with Crippen LogP contribution in [-0.4, -0.2) is 43.8 Å². The molecule has 1 aliphatic carbocycles. The Bertz CT molecular complexity index is 997. The highest BCUT2D eigenvalue weighted by molar-refractivity contribution is 5.97. The Kier molecular flexibility index (Phi) is 25.9. The van der Waals surface area contributed by atoms with E-state index >= 15 is 0 Å². The lowest BCUT2D eigenvalue weighted by atomic mass is 10.0. The summed E-state index contributed by atoms with van der Waals surface area (Å²) in [5.74, 6) is -0.609. The van der Waals surface area contributed by atoms with E-state index in [0.717, 1.165) is 37.5 Å².